The lowest BCUT2D eigenvalue weighted by Gasteiger charge is -2.32. The largest absolute Gasteiger partial charge is 0.380 e. The highest BCUT2D eigenvalue weighted by molar-refractivity contribution is 7.40. The van der Waals surface area contributed by atoms with E-state index in [2.05, 4.69) is 9.05 Å². The van der Waals surface area contributed by atoms with Crippen LogP contribution in [0.3, 0.4) is 0 Å². The normalized spacial score (nSPS) is 16.2. The van der Waals surface area contributed by atoms with Crippen LogP contribution in [-0.2, 0) is 9.05 Å². The number of hydrogen-bond donors (Lipinski definition) is 1. The Labute approximate surface area is 96.7 Å². The lowest BCUT2D eigenvalue weighted by molar-refractivity contribution is -0.342. The van der Waals surface area contributed by atoms with Crippen LogP contribution in [0.4, 0.5) is 35.1 Å². The molecule has 1 unspecified atom stereocenters. The van der Waals surface area contributed by atoms with Gasteiger partial charge in [-0.25, -0.2) is 8.78 Å². The maximum Gasteiger partial charge on any atom is 0.380 e. The van der Waals surface area contributed by atoms with Gasteiger partial charge in [-0.05, 0) is 0 Å². The van der Waals surface area contributed by atoms with E-state index >= 15 is 0 Å². The topological polar surface area (TPSA) is 38.7 Å². The van der Waals surface area contributed by atoms with Crippen LogP contribution >= 0.6 is 8.60 Å². The predicted octanol–water partition coefficient (Wildman–Crippen LogP) is 3.04. The highest BCUT2D eigenvalue weighted by atomic mass is 31.2. The van der Waals surface area contributed by atoms with Gasteiger partial charge in [0.1, 0.15) is 6.61 Å². The van der Waals surface area contributed by atoms with Gasteiger partial charge >= 0.3 is 32.8 Å². The van der Waals surface area contributed by atoms with Gasteiger partial charge in [0.25, 0.3) is 0 Å². The Morgan fingerprint density at radius 1 is 1.11 bits per heavy atom. The molecule has 0 spiro atoms. The molecular weight excluding hydrogens is 303 g/mol. The van der Waals surface area contributed by atoms with Crippen molar-refractivity contribution in [2.24, 2.45) is 0 Å². The Kier molecular flexibility index (Phi) is 5.73. The van der Waals surface area contributed by atoms with Crippen molar-refractivity contribution in [3.8, 4) is 0 Å². The fraction of sp³-hybridized carbons (Fsp3) is 1.00. The minimum absolute atomic E-state index is 0.760. The molecule has 0 aromatic heterocycles. The van der Waals surface area contributed by atoms with E-state index < -0.39 is 39.4 Å². The van der Waals surface area contributed by atoms with Crippen LogP contribution in [0, 0.1) is 0 Å². The van der Waals surface area contributed by atoms with Crippen LogP contribution in [0.2, 0.25) is 0 Å². The van der Waals surface area contributed by atoms with Crippen molar-refractivity contribution >= 4 is 8.60 Å². The SMILES string of the molecule is COP(O)OCC(F)(F)C(F)(F)C(F)(F)C(F)F. The van der Waals surface area contributed by atoms with E-state index in [0.717, 1.165) is 7.11 Å². The van der Waals surface area contributed by atoms with E-state index in [4.69, 9.17) is 4.89 Å². The third-order valence-corrected chi connectivity index (χ3v) is 2.33. The lowest BCUT2D eigenvalue weighted by Crippen LogP contribution is -2.59. The quantitative estimate of drug-likeness (QED) is 0.580. The van der Waals surface area contributed by atoms with Crippen molar-refractivity contribution in [2.45, 2.75) is 24.2 Å². The van der Waals surface area contributed by atoms with Crippen molar-refractivity contribution < 1.29 is 49.1 Å². The minimum Gasteiger partial charge on any atom is -0.328 e. The first kappa shape index (κ1) is 17.8. The molecule has 0 rings (SSSR count). The van der Waals surface area contributed by atoms with Crippen LogP contribution in [0.25, 0.3) is 0 Å². The summed E-state index contributed by atoms with van der Waals surface area (Å²) in [6.45, 7) is -2.40. The summed E-state index contributed by atoms with van der Waals surface area (Å²) in [6.07, 6.45) is -4.99. The number of alkyl halides is 8. The van der Waals surface area contributed by atoms with Crippen LogP contribution < -0.4 is 0 Å². The first-order valence-electron chi connectivity index (χ1n) is 3.97. The Hall–Kier alpha value is -0.250. The van der Waals surface area contributed by atoms with Crippen molar-refractivity contribution in [3.05, 3.63) is 0 Å². The predicted molar refractivity (Wildman–Crippen MR) is 42.9 cm³/mol. The summed E-state index contributed by atoms with van der Waals surface area (Å²) in [5.41, 5.74) is 0. The van der Waals surface area contributed by atoms with Gasteiger partial charge in [0, 0.05) is 7.11 Å². The van der Waals surface area contributed by atoms with E-state index in [9.17, 15) is 35.1 Å². The van der Waals surface area contributed by atoms with E-state index in [1.165, 1.54) is 0 Å². The molecule has 0 saturated carbocycles. The molecule has 0 fully saturated rings. The first-order valence-corrected chi connectivity index (χ1v) is 5.10. The highest BCUT2D eigenvalue weighted by Gasteiger charge is 2.75. The first-order chi connectivity index (χ1) is 7.90. The Morgan fingerprint density at radius 2 is 1.56 bits per heavy atom. The number of halogens is 8. The summed E-state index contributed by atoms with van der Waals surface area (Å²) in [5, 5.41) is 0. The summed E-state index contributed by atoms with van der Waals surface area (Å²) in [7, 11) is -2.23. The second-order valence-corrected chi connectivity index (χ2v) is 4.00. The van der Waals surface area contributed by atoms with Crippen molar-refractivity contribution in [3.63, 3.8) is 0 Å². The molecule has 1 atom stereocenters. The van der Waals surface area contributed by atoms with E-state index in [0.29, 0.717) is 0 Å². The fourth-order valence-electron chi connectivity index (χ4n) is 0.660. The standard InChI is InChI=1S/C6H7F8O3P/c1-16-18(15)17-2-4(9,10)6(13,14)5(11,12)3(7)8/h3,15H,2H2,1H3. The van der Waals surface area contributed by atoms with Gasteiger partial charge in [0.05, 0.1) is 0 Å². The zero-order valence-electron chi connectivity index (χ0n) is 8.52. The maximum absolute atomic E-state index is 12.7. The molecule has 110 valence electrons. The minimum atomic E-state index is -6.35. The Morgan fingerprint density at radius 3 is 1.89 bits per heavy atom. The second-order valence-electron chi connectivity index (χ2n) is 2.90. The molecule has 0 bridgehead atoms. The smallest absolute Gasteiger partial charge is 0.328 e. The van der Waals surface area contributed by atoms with Crippen LogP contribution in [0.1, 0.15) is 0 Å². The molecule has 0 saturated heterocycles. The fourth-order valence-corrected chi connectivity index (χ4v) is 1.04. The van der Waals surface area contributed by atoms with Crippen LogP contribution in [0.15, 0.2) is 0 Å². The molecule has 0 heterocycles. The average molecular weight is 310 g/mol. The molecule has 0 aromatic rings. The molecule has 0 aliphatic heterocycles. The van der Waals surface area contributed by atoms with Gasteiger partial charge in [-0.15, -0.1) is 0 Å². The summed E-state index contributed by atoms with van der Waals surface area (Å²) < 4.78 is 106. The van der Waals surface area contributed by atoms with Crippen LogP contribution in [-0.4, -0.2) is 42.8 Å². The van der Waals surface area contributed by atoms with E-state index in [1.807, 2.05) is 0 Å². The molecule has 0 amide bonds. The van der Waals surface area contributed by atoms with Gasteiger partial charge < -0.3 is 13.9 Å². The molecule has 0 aliphatic carbocycles. The lowest BCUT2D eigenvalue weighted by atomic mass is 10.1. The summed E-state index contributed by atoms with van der Waals surface area (Å²) in [6, 6.07) is 0. The number of hydrogen-bond acceptors (Lipinski definition) is 3. The van der Waals surface area contributed by atoms with Gasteiger partial charge in [-0.3, -0.25) is 0 Å². The van der Waals surface area contributed by atoms with Crippen molar-refractivity contribution in [1.29, 1.82) is 0 Å². The zero-order chi connectivity index (χ0) is 14.8. The molecule has 18 heavy (non-hydrogen) atoms. The van der Waals surface area contributed by atoms with Crippen molar-refractivity contribution in [1.82, 2.24) is 0 Å². The molecule has 0 aromatic carbocycles. The number of rotatable bonds is 7. The third-order valence-electron chi connectivity index (χ3n) is 1.66. The monoisotopic (exact) mass is 310 g/mol. The average Bonchev–Trinajstić information content (AvgIpc) is 2.25. The molecule has 1 N–H and O–H groups in total. The molecule has 0 aliphatic rings. The molecule has 12 heteroatoms. The molecular formula is C6H7F8O3P. The Bertz CT molecular complexity index is 274. The summed E-state index contributed by atoms with van der Waals surface area (Å²) in [4.78, 5) is 8.51. The third kappa shape index (κ3) is 3.40. The van der Waals surface area contributed by atoms with Crippen molar-refractivity contribution in [2.75, 3.05) is 13.7 Å². The highest BCUT2D eigenvalue weighted by Crippen LogP contribution is 2.49. The summed E-state index contributed by atoms with van der Waals surface area (Å²) >= 11 is 0. The molecule has 0 radical (unpaired) electrons. The van der Waals surface area contributed by atoms with Gasteiger partial charge in [0.2, 0.25) is 0 Å². The van der Waals surface area contributed by atoms with Crippen LogP contribution in [0.5, 0.6) is 0 Å². The summed E-state index contributed by atoms with van der Waals surface area (Å²) in [5.74, 6) is -18.2. The van der Waals surface area contributed by atoms with E-state index in [-0.39, 0.29) is 0 Å². The van der Waals surface area contributed by atoms with Gasteiger partial charge in [0.15, 0.2) is 0 Å². The van der Waals surface area contributed by atoms with Gasteiger partial charge in [-0.1, -0.05) is 0 Å². The zero-order valence-corrected chi connectivity index (χ0v) is 9.41. The molecule has 3 nitrogen and oxygen atoms in total. The Balaban J connectivity index is 4.96. The maximum atomic E-state index is 12.7. The van der Waals surface area contributed by atoms with E-state index in [1.54, 1.807) is 0 Å². The second kappa shape index (κ2) is 5.81. The van der Waals surface area contributed by atoms with Gasteiger partial charge in [-0.2, -0.15) is 26.3 Å².